The number of alkyl halides is 3. The predicted octanol–water partition coefficient (Wildman–Crippen LogP) is 5.64. The number of aromatic nitrogens is 1. The summed E-state index contributed by atoms with van der Waals surface area (Å²) in [6.45, 7) is 1.97. The molecule has 34 heavy (non-hydrogen) atoms. The van der Waals surface area contributed by atoms with Crippen molar-refractivity contribution < 1.29 is 22.8 Å². The Morgan fingerprint density at radius 1 is 1.09 bits per heavy atom. The highest BCUT2D eigenvalue weighted by atomic mass is 35.5. The number of amides is 3. The van der Waals surface area contributed by atoms with E-state index in [0.29, 0.717) is 36.8 Å². The normalized spacial score (nSPS) is 17.8. The molecule has 0 saturated carbocycles. The second-order valence-electron chi connectivity index (χ2n) is 8.61. The number of likely N-dealkylation sites (tertiary alicyclic amines) is 2. The summed E-state index contributed by atoms with van der Waals surface area (Å²) in [4.78, 5) is 33.4. The molecule has 6 nitrogen and oxygen atoms in total. The van der Waals surface area contributed by atoms with Gasteiger partial charge in [-0.25, -0.2) is 9.78 Å². The van der Waals surface area contributed by atoms with Crippen LogP contribution in [0.5, 0.6) is 0 Å². The van der Waals surface area contributed by atoms with Crippen molar-refractivity contribution >= 4 is 41.0 Å². The lowest BCUT2D eigenvalue weighted by Crippen LogP contribution is -2.45. The van der Waals surface area contributed by atoms with Gasteiger partial charge < -0.3 is 15.1 Å². The Morgan fingerprint density at radius 2 is 1.76 bits per heavy atom. The molecule has 0 bridgehead atoms. The first-order valence-corrected chi connectivity index (χ1v) is 12.4. The van der Waals surface area contributed by atoms with Crippen LogP contribution in [0.25, 0.3) is 0 Å². The smallest absolute Gasteiger partial charge is 0.339 e. The molecule has 3 amide bonds. The van der Waals surface area contributed by atoms with Gasteiger partial charge >= 0.3 is 12.2 Å². The van der Waals surface area contributed by atoms with E-state index in [0.717, 1.165) is 25.3 Å². The van der Waals surface area contributed by atoms with Crippen molar-refractivity contribution in [2.45, 2.75) is 30.5 Å². The van der Waals surface area contributed by atoms with Gasteiger partial charge in [-0.1, -0.05) is 17.7 Å². The fourth-order valence-electron chi connectivity index (χ4n) is 4.66. The Hall–Kier alpha value is -2.46. The molecule has 3 heterocycles. The Morgan fingerprint density at radius 3 is 2.41 bits per heavy atom. The van der Waals surface area contributed by atoms with Crippen LogP contribution in [-0.4, -0.2) is 59.2 Å². The molecule has 1 aromatic carbocycles. The van der Waals surface area contributed by atoms with Crippen molar-refractivity contribution in [2.24, 2.45) is 5.41 Å². The van der Waals surface area contributed by atoms with Gasteiger partial charge in [-0.3, -0.25) is 4.79 Å². The first kappa shape index (κ1) is 24.7. The van der Waals surface area contributed by atoms with Gasteiger partial charge in [0.1, 0.15) is 5.03 Å². The number of halogens is 4. The zero-order chi connectivity index (χ0) is 24.5. The Labute approximate surface area is 204 Å². The minimum Gasteiger partial charge on any atom is -0.339 e. The number of anilines is 1. The van der Waals surface area contributed by atoms with Gasteiger partial charge in [0.15, 0.2) is 0 Å². The molecule has 11 heteroatoms. The molecule has 0 aliphatic carbocycles. The largest absolute Gasteiger partial charge is 0.418 e. The highest BCUT2D eigenvalue weighted by Gasteiger charge is 2.43. The number of benzene rings is 1. The number of urea groups is 1. The second-order valence-corrected chi connectivity index (χ2v) is 9.82. The van der Waals surface area contributed by atoms with Crippen molar-refractivity contribution in [3.8, 4) is 0 Å². The molecular weight excluding hydrogens is 489 g/mol. The topological polar surface area (TPSA) is 65.5 Å². The van der Waals surface area contributed by atoms with Gasteiger partial charge in [0.25, 0.3) is 5.91 Å². The lowest BCUT2D eigenvalue weighted by atomic mass is 9.77. The van der Waals surface area contributed by atoms with E-state index in [1.807, 2.05) is 11.2 Å². The van der Waals surface area contributed by atoms with Crippen LogP contribution in [0.15, 0.2) is 41.6 Å². The number of thioether (sulfide) groups is 1. The lowest BCUT2D eigenvalue weighted by Gasteiger charge is -2.39. The van der Waals surface area contributed by atoms with Crippen molar-refractivity contribution in [1.29, 1.82) is 0 Å². The summed E-state index contributed by atoms with van der Waals surface area (Å²) in [5.41, 5.74) is -0.976. The average molecular weight is 513 g/mol. The van der Waals surface area contributed by atoms with Gasteiger partial charge in [0, 0.05) is 32.4 Å². The molecule has 2 aromatic rings. The molecule has 0 atom stereocenters. The van der Waals surface area contributed by atoms with Crippen LogP contribution in [0, 0.1) is 5.41 Å². The van der Waals surface area contributed by atoms with E-state index in [4.69, 9.17) is 11.6 Å². The summed E-state index contributed by atoms with van der Waals surface area (Å²) in [6.07, 6.45) is 1.08. The molecule has 1 N–H and O–H groups in total. The number of hydrogen-bond donors (Lipinski definition) is 1. The first-order valence-electron chi connectivity index (χ1n) is 10.8. The van der Waals surface area contributed by atoms with E-state index in [1.54, 1.807) is 18.3 Å². The molecule has 2 saturated heterocycles. The van der Waals surface area contributed by atoms with Crippen LogP contribution in [-0.2, 0) is 6.18 Å². The van der Waals surface area contributed by atoms with E-state index in [-0.39, 0.29) is 16.3 Å². The molecular formula is C23H24ClF3N4O2S. The maximum Gasteiger partial charge on any atom is 0.418 e. The molecule has 2 fully saturated rings. The number of pyridine rings is 1. The lowest BCUT2D eigenvalue weighted by molar-refractivity contribution is -0.136. The Balaban J connectivity index is 1.39. The number of para-hydroxylation sites is 1. The van der Waals surface area contributed by atoms with Crippen LogP contribution >= 0.6 is 23.4 Å². The molecule has 0 radical (unpaired) electrons. The van der Waals surface area contributed by atoms with E-state index < -0.39 is 23.5 Å². The summed E-state index contributed by atoms with van der Waals surface area (Å²) in [5.74, 6) is -0.0571. The van der Waals surface area contributed by atoms with Crippen LogP contribution in [0.1, 0.15) is 35.2 Å². The van der Waals surface area contributed by atoms with Gasteiger partial charge in [-0.05, 0) is 55.2 Å². The maximum absolute atomic E-state index is 13.4. The zero-order valence-corrected chi connectivity index (χ0v) is 20.1. The van der Waals surface area contributed by atoms with Gasteiger partial charge in [0.05, 0.1) is 21.8 Å². The third-order valence-electron chi connectivity index (χ3n) is 6.58. The maximum atomic E-state index is 13.4. The Kier molecular flexibility index (Phi) is 7.00. The molecule has 2 aliphatic heterocycles. The first-order chi connectivity index (χ1) is 16.1. The van der Waals surface area contributed by atoms with Gasteiger partial charge in [0.2, 0.25) is 0 Å². The number of carbonyl (C=O) groups excluding carboxylic acids is 2. The fourth-order valence-corrected chi connectivity index (χ4v) is 5.42. The minimum atomic E-state index is -4.64. The summed E-state index contributed by atoms with van der Waals surface area (Å²) in [6, 6.07) is 6.33. The summed E-state index contributed by atoms with van der Waals surface area (Å²) in [7, 11) is 0. The summed E-state index contributed by atoms with van der Waals surface area (Å²) < 4.78 is 40.1. The molecule has 2 aliphatic rings. The van der Waals surface area contributed by atoms with Crippen molar-refractivity contribution in [2.75, 3.05) is 37.8 Å². The predicted molar refractivity (Wildman–Crippen MR) is 125 cm³/mol. The Bertz CT molecular complexity index is 1090. The highest BCUT2D eigenvalue weighted by molar-refractivity contribution is 7.98. The van der Waals surface area contributed by atoms with E-state index in [9.17, 15) is 22.8 Å². The number of carbonyl (C=O) groups is 2. The van der Waals surface area contributed by atoms with Crippen LogP contribution in [0.3, 0.4) is 0 Å². The quantitative estimate of drug-likeness (QED) is 0.541. The van der Waals surface area contributed by atoms with Crippen molar-refractivity contribution in [3.05, 3.63) is 52.7 Å². The van der Waals surface area contributed by atoms with Crippen LogP contribution in [0.4, 0.5) is 23.7 Å². The SMILES string of the molecule is CSc1ncccc1C(=O)N1CCC2(CCN(C(=O)Nc3c(Cl)cccc3C(F)(F)F)C2)CC1. The average Bonchev–Trinajstić information content (AvgIpc) is 3.23. The van der Waals surface area contributed by atoms with Gasteiger partial charge in [-0.15, -0.1) is 11.8 Å². The number of hydrogen-bond acceptors (Lipinski definition) is 4. The monoisotopic (exact) mass is 512 g/mol. The highest BCUT2D eigenvalue weighted by Crippen LogP contribution is 2.42. The minimum absolute atomic E-state index is 0.0571. The zero-order valence-electron chi connectivity index (χ0n) is 18.5. The number of piperidine rings is 1. The fraction of sp³-hybridized carbons (Fsp3) is 0.435. The molecule has 182 valence electrons. The van der Waals surface area contributed by atoms with Crippen LogP contribution in [0.2, 0.25) is 5.02 Å². The van der Waals surface area contributed by atoms with E-state index in [1.165, 1.54) is 28.8 Å². The second kappa shape index (κ2) is 9.65. The standard InChI is InChI=1S/C23H24ClF3N4O2S/c1-34-19-15(4-3-10-28-19)20(32)30-11-7-22(8-12-30)9-13-31(14-22)21(33)29-18-16(23(25,26)27)5-2-6-17(18)24/h2-6,10H,7-9,11-14H2,1H3,(H,29,33). The molecule has 4 rings (SSSR count). The molecule has 1 aromatic heterocycles. The molecule has 1 spiro atoms. The third-order valence-corrected chi connectivity index (χ3v) is 7.61. The number of nitrogens with zero attached hydrogens (tertiary/aromatic N) is 3. The number of nitrogens with one attached hydrogen (secondary N) is 1. The van der Waals surface area contributed by atoms with Crippen molar-refractivity contribution in [1.82, 2.24) is 14.8 Å². The van der Waals surface area contributed by atoms with E-state index in [2.05, 4.69) is 10.3 Å². The molecule has 0 unspecified atom stereocenters. The summed E-state index contributed by atoms with van der Waals surface area (Å²) in [5, 5.41) is 2.90. The third kappa shape index (κ3) is 4.98. The van der Waals surface area contributed by atoms with E-state index >= 15 is 0 Å². The van der Waals surface area contributed by atoms with Gasteiger partial charge in [-0.2, -0.15) is 13.2 Å². The summed E-state index contributed by atoms with van der Waals surface area (Å²) >= 11 is 7.39. The van der Waals surface area contributed by atoms with Crippen molar-refractivity contribution in [3.63, 3.8) is 0 Å². The number of rotatable bonds is 3. The van der Waals surface area contributed by atoms with Crippen LogP contribution < -0.4 is 5.32 Å².